The van der Waals surface area contributed by atoms with E-state index in [0.29, 0.717) is 24.9 Å². The molecule has 12 N–H and O–H groups in total. The third-order valence-corrected chi connectivity index (χ3v) is 5.61. The van der Waals surface area contributed by atoms with Gasteiger partial charge < -0.3 is 48.5 Å². The molecule has 4 atom stereocenters. The van der Waals surface area contributed by atoms with E-state index in [4.69, 9.17) is 22.3 Å². The van der Waals surface area contributed by atoms with Crippen molar-refractivity contribution in [3.8, 4) is 5.75 Å². The van der Waals surface area contributed by atoms with Crippen molar-refractivity contribution >= 4 is 35.6 Å². The fourth-order valence-electron chi connectivity index (χ4n) is 3.50. The summed E-state index contributed by atoms with van der Waals surface area (Å²) in [5, 5.41) is 35.2. The maximum Gasteiger partial charge on any atom is 0.326 e. The molecule has 0 spiro atoms. The van der Waals surface area contributed by atoms with Crippen LogP contribution in [-0.4, -0.2) is 81.6 Å². The molecule has 0 aromatic heterocycles. The van der Waals surface area contributed by atoms with Gasteiger partial charge in [-0.05, 0) is 49.9 Å². The second-order valence-electron chi connectivity index (χ2n) is 8.89. The minimum Gasteiger partial charge on any atom is -0.508 e. The largest absolute Gasteiger partial charge is 0.508 e. The van der Waals surface area contributed by atoms with Gasteiger partial charge in [0.1, 0.15) is 23.9 Å². The van der Waals surface area contributed by atoms with Gasteiger partial charge >= 0.3 is 11.9 Å². The van der Waals surface area contributed by atoms with E-state index in [2.05, 4.69) is 16.0 Å². The standard InChI is InChI=1S/C24H36N6O9/c25-10-2-1-3-16(22(36)30-18(24(38)39)11-13-4-6-14(31)7-5-13)29-23(37)17(8-9-20(33)34)28-21(35)15(26)12-19(27)32/h4-7,15-18,31H,1-3,8-12,25-26H2,(H2,27,32)(H,28,35)(H,29,37)(H,30,36)(H,33,34)(H,38,39). The van der Waals surface area contributed by atoms with Crippen molar-refractivity contribution < 1.29 is 44.1 Å². The Morgan fingerprint density at radius 1 is 0.795 bits per heavy atom. The molecule has 0 saturated heterocycles. The number of rotatable bonds is 18. The lowest BCUT2D eigenvalue weighted by Crippen LogP contribution is -2.57. The van der Waals surface area contributed by atoms with Crippen LogP contribution in [-0.2, 0) is 35.2 Å². The summed E-state index contributed by atoms with van der Waals surface area (Å²) in [4.78, 5) is 72.4. The van der Waals surface area contributed by atoms with Gasteiger partial charge in [-0.15, -0.1) is 0 Å². The van der Waals surface area contributed by atoms with E-state index in [1.165, 1.54) is 24.3 Å². The van der Waals surface area contributed by atoms with Crippen LogP contribution in [0, 0.1) is 0 Å². The number of carboxylic acids is 2. The van der Waals surface area contributed by atoms with Crippen molar-refractivity contribution in [3.63, 3.8) is 0 Å². The molecule has 0 aliphatic rings. The Balaban J connectivity index is 3.05. The molecule has 0 fully saturated rings. The topological polar surface area (TPSA) is 277 Å². The molecule has 15 nitrogen and oxygen atoms in total. The van der Waals surface area contributed by atoms with Gasteiger partial charge in [0.2, 0.25) is 23.6 Å². The Hall–Kier alpha value is -4.24. The number of unbranched alkanes of at least 4 members (excludes halogenated alkanes) is 1. The van der Waals surface area contributed by atoms with Crippen LogP contribution >= 0.6 is 0 Å². The Labute approximate surface area is 224 Å². The van der Waals surface area contributed by atoms with Crippen LogP contribution in [0.1, 0.15) is 44.1 Å². The smallest absolute Gasteiger partial charge is 0.326 e. The molecule has 4 amide bonds. The van der Waals surface area contributed by atoms with E-state index >= 15 is 0 Å². The molecule has 0 heterocycles. The number of phenolic OH excluding ortho intramolecular Hbond substituents is 1. The first-order valence-electron chi connectivity index (χ1n) is 12.2. The number of carbonyl (C=O) groups is 6. The van der Waals surface area contributed by atoms with E-state index in [-0.39, 0.29) is 25.0 Å². The van der Waals surface area contributed by atoms with E-state index in [1.54, 1.807) is 0 Å². The van der Waals surface area contributed by atoms with Gasteiger partial charge in [0.05, 0.1) is 12.5 Å². The lowest BCUT2D eigenvalue weighted by molar-refractivity contribution is -0.142. The number of carboxylic acid groups (broad SMARTS) is 2. The van der Waals surface area contributed by atoms with Crippen molar-refractivity contribution in [1.29, 1.82) is 0 Å². The minimum absolute atomic E-state index is 0.0162. The number of primary amides is 1. The number of nitrogens with one attached hydrogen (secondary N) is 3. The maximum atomic E-state index is 13.1. The molecule has 0 saturated carbocycles. The normalized spacial score (nSPS) is 13.8. The second-order valence-corrected chi connectivity index (χ2v) is 8.89. The lowest BCUT2D eigenvalue weighted by Gasteiger charge is -2.25. The second kappa shape index (κ2) is 16.6. The average Bonchev–Trinajstić information content (AvgIpc) is 2.85. The summed E-state index contributed by atoms with van der Waals surface area (Å²) in [5.74, 6) is -6.12. The molecule has 39 heavy (non-hydrogen) atoms. The average molecular weight is 553 g/mol. The molecule has 0 radical (unpaired) electrons. The Bertz CT molecular complexity index is 1020. The summed E-state index contributed by atoms with van der Waals surface area (Å²) in [6.45, 7) is 0.302. The zero-order valence-corrected chi connectivity index (χ0v) is 21.3. The van der Waals surface area contributed by atoms with Crippen molar-refractivity contribution in [2.45, 2.75) is 69.1 Å². The predicted octanol–water partition coefficient (Wildman–Crippen LogP) is -2.33. The van der Waals surface area contributed by atoms with E-state index in [0.717, 1.165) is 0 Å². The van der Waals surface area contributed by atoms with Crippen molar-refractivity contribution in [1.82, 2.24) is 16.0 Å². The van der Waals surface area contributed by atoms with Crippen molar-refractivity contribution in [2.75, 3.05) is 6.54 Å². The Kier molecular flexibility index (Phi) is 13.9. The number of phenols is 1. The van der Waals surface area contributed by atoms with Gasteiger partial charge in [0.15, 0.2) is 0 Å². The van der Waals surface area contributed by atoms with Crippen LogP contribution in [0.2, 0.25) is 0 Å². The van der Waals surface area contributed by atoms with Crippen LogP contribution in [0.25, 0.3) is 0 Å². The molecule has 0 bridgehead atoms. The summed E-state index contributed by atoms with van der Waals surface area (Å²) in [6.07, 6.45) is -0.536. The van der Waals surface area contributed by atoms with E-state index < -0.39 is 72.6 Å². The van der Waals surface area contributed by atoms with Crippen LogP contribution in [0.4, 0.5) is 0 Å². The summed E-state index contributed by atoms with van der Waals surface area (Å²) in [6, 6.07) is 0.305. The Morgan fingerprint density at radius 3 is 1.85 bits per heavy atom. The van der Waals surface area contributed by atoms with Crippen LogP contribution < -0.4 is 33.2 Å². The molecule has 15 heteroatoms. The van der Waals surface area contributed by atoms with Gasteiger partial charge in [0.25, 0.3) is 0 Å². The quantitative estimate of drug-likeness (QED) is 0.0871. The van der Waals surface area contributed by atoms with Crippen LogP contribution in [0.3, 0.4) is 0 Å². The summed E-state index contributed by atoms with van der Waals surface area (Å²) in [7, 11) is 0. The zero-order valence-electron chi connectivity index (χ0n) is 21.3. The summed E-state index contributed by atoms with van der Waals surface area (Å²) in [5.41, 5.74) is 16.7. The molecular formula is C24H36N6O9. The number of amides is 4. The molecule has 4 unspecified atom stereocenters. The minimum atomic E-state index is -1.43. The summed E-state index contributed by atoms with van der Waals surface area (Å²) < 4.78 is 0. The number of aromatic hydroxyl groups is 1. The monoisotopic (exact) mass is 552 g/mol. The highest BCUT2D eigenvalue weighted by Crippen LogP contribution is 2.12. The number of nitrogens with two attached hydrogens (primary N) is 3. The fourth-order valence-corrected chi connectivity index (χ4v) is 3.50. The van der Waals surface area contributed by atoms with Crippen LogP contribution in [0.15, 0.2) is 24.3 Å². The van der Waals surface area contributed by atoms with Crippen LogP contribution in [0.5, 0.6) is 5.75 Å². The zero-order chi connectivity index (χ0) is 29.5. The third kappa shape index (κ3) is 12.7. The first-order chi connectivity index (χ1) is 18.3. The molecule has 216 valence electrons. The number of aliphatic carboxylic acids is 2. The van der Waals surface area contributed by atoms with Gasteiger partial charge in [-0.2, -0.15) is 0 Å². The molecule has 0 aliphatic carbocycles. The Morgan fingerprint density at radius 2 is 1.33 bits per heavy atom. The SMILES string of the molecule is NCCCCC(NC(=O)C(CCC(=O)O)NC(=O)C(N)CC(N)=O)C(=O)NC(Cc1ccc(O)cc1)C(=O)O. The maximum absolute atomic E-state index is 13.1. The number of hydrogen-bond acceptors (Lipinski definition) is 9. The third-order valence-electron chi connectivity index (χ3n) is 5.61. The van der Waals surface area contributed by atoms with E-state index in [9.17, 15) is 39.0 Å². The fraction of sp³-hybridized carbons (Fsp3) is 0.500. The van der Waals surface area contributed by atoms with Gasteiger partial charge in [-0.25, -0.2) is 4.79 Å². The molecule has 0 aliphatic heterocycles. The predicted molar refractivity (Wildman–Crippen MR) is 137 cm³/mol. The number of hydrogen-bond donors (Lipinski definition) is 9. The molecule has 1 rings (SSSR count). The highest BCUT2D eigenvalue weighted by Gasteiger charge is 2.30. The van der Waals surface area contributed by atoms with E-state index in [1.807, 2.05) is 0 Å². The van der Waals surface area contributed by atoms with Gasteiger partial charge in [-0.1, -0.05) is 12.1 Å². The lowest BCUT2D eigenvalue weighted by atomic mass is 10.0. The molecule has 1 aromatic rings. The highest BCUT2D eigenvalue weighted by molar-refractivity contribution is 5.95. The van der Waals surface area contributed by atoms with Crippen molar-refractivity contribution in [2.24, 2.45) is 17.2 Å². The summed E-state index contributed by atoms with van der Waals surface area (Å²) >= 11 is 0. The first kappa shape index (κ1) is 32.8. The first-order valence-corrected chi connectivity index (χ1v) is 12.2. The highest BCUT2D eigenvalue weighted by atomic mass is 16.4. The van der Waals surface area contributed by atoms with Gasteiger partial charge in [0, 0.05) is 12.8 Å². The van der Waals surface area contributed by atoms with Gasteiger partial charge in [-0.3, -0.25) is 24.0 Å². The number of benzene rings is 1. The molecular weight excluding hydrogens is 516 g/mol. The van der Waals surface area contributed by atoms with Crippen molar-refractivity contribution in [3.05, 3.63) is 29.8 Å². The number of carbonyl (C=O) groups excluding carboxylic acids is 4. The molecule has 1 aromatic carbocycles.